The first-order valence-electron chi connectivity index (χ1n) is 6.25. The minimum absolute atomic E-state index is 0.294. The van der Waals surface area contributed by atoms with Gasteiger partial charge in [0.2, 0.25) is 0 Å². The fraction of sp³-hybridized carbons (Fsp3) is 0.333. The van der Waals surface area contributed by atoms with Gasteiger partial charge in [0.15, 0.2) is 0 Å². The van der Waals surface area contributed by atoms with E-state index in [1.165, 1.54) is 14.2 Å². The highest BCUT2D eigenvalue weighted by molar-refractivity contribution is 6.02. The quantitative estimate of drug-likeness (QED) is 0.779. The van der Waals surface area contributed by atoms with Crippen molar-refractivity contribution in [3.8, 4) is 0 Å². The lowest BCUT2D eigenvalue weighted by molar-refractivity contribution is -0.139. The fourth-order valence-corrected chi connectivity index (χ4v) is 2.51. The molecule has 1 unspecified atom stereocenters. The van der Waals surface area contributed by atoms with Crippen molar-refractivity contribution in [1.82, 2.24) is 4.90 Å². The van der Waals surface area contributed by atoms with Crippen LogP contribution >= 0.6 is 0 Å². The number of likely N-dealkylation sites (N-methyl/N-ethyl adjacent to an activating group) is 1. The van der Waals surface area contributed by atoms with Gasteiger partial charge in [0, 0.05) is 6.54 Å². The standard InChI is InChI=1S/C15H17NO4/c1-16-9-11(14(17)19-2)12(15(18)20-3)13(16)10-7-5-4-6-8-10/h4-8,13H,9H2,1-3H3. The Morgan fingerprint density at radius 2 is 1.70 bits per heavy atom. The summed E-state index contributed by atoms with van der Waals surface area (Å²) in [5.74, 6) is -0.987. The molecule has 106 valence electrons. The molecule has 0 bridgehead atoms. The first kappa shape index (κ1) is 14.3. The molecule has 0 amide bonds. The first-order valence-corrected chi connectivity index (χ1v) is 6.25. The highest BCUT2D eigenvalue weighted by Gasteiger charge is 2.39. The molecule has 1 aromatic carbocycles. The number of rotatable bonds is 3. The average Bonchev–Trinajstić information content (AvgIpc) is 2.84. The van der Waals surface area contributed by atoms with Gasteiger partial charge in [0.05, 0.1) is 31.4 Å². The highest BCUT2D eigenvalue weighted by Crippen LogP contribution is 2.36. The molecule has 0 radical (unpaired) electrons. The van der Waals surface area contributed by atoms with Crippen LogP contribution in [0.15, 0.2) is 41.5 Å². The molecule has 1 aliphatic rings. The van der Waals surface area contributed by atoms with Crippen molar-refractivity contribution >= 4 is 11.9 Å². The number of benzene rings is 1. The van der Waals surface area contributed by atoms with Gasteiger partial charge < -0.3 is 9.47 Å². The fourth-order valence-electron chi connectivity index (χ4n) is 2.51. The van der Waals surface area contributed by atoms with Crippen LogP contribution in [0.3, 0.4) is 0 Å². The SMILES string of the molecule is COC(=O)C1=C(C(=O)OC)C(c2ccccc2)N(C)C1. The summed E-state index contributed by atoms with van der Waals surface area (Å²) in [5.41, 5.74) is 1.65. The summed E-state index contributed by atoms with van der Waals surface area (Å²) in [6, 6.07) is 9.25. The second-order valence-electron chi connectivity index (χ2n) is 4.60. The molecule has 0 fully saturated rings. The lowest BCUT2D eigenvalue weighted by Gasteiger charge is -2.22. The van der Waals surface area contributed by atoms with E-state index in [4.69, 9.17) is 9.47 Å². The predicted molar refractivity (Wildman–Crippen MR) is 72.9 cm³/mol. The van der Waals surface area contributed by atoms with Gasteiger partial charge in [-0.1, -0.05) is 30.3 Å². The minimum atomic E-state index is -0.497. The zero-order chi connectivity index (χ0) is 14.7. The van der Waals surface area contributed by atoms with E-state index in [1.807, 2.05) is 42.3 Å². The minimum Gasteiger partial charge on any atom is -0.466 e. The van der Waals surface area contributed by atoms with E-state index in [9.17, 15) is 9.59 Å². The van der Waals surface area contributed by atoms with E-state index in [-0.39, 0.29) is 6.04 Å². The molecule has 20 heavy (non-hydrogen) atoms. The van der Waals surface area contributed by atoms with Crippen molar-refractivity contribution in [3.05, 3.63) is 47.0 Å². The van der Waals surface area contributed by atoms with Crippen LogP contribution in [0.5, 0.6) is 0 Å². The molecule has 5 heteroatoms. The van der Waals surface area contributed by atoms with E-state index < -0.39 is 11.9 Å². The van der Waals surface area contributed by atoms with Crippen LogP contribution < -0.4 is 0 Å². The summed E-state index contributed by atoms with van der Waals surface area (Å²) in [5, 5.41) is 0. The molecule has 2 rings (SSSR count). The van der Waals surface area contributed by atoms with Gasteiger partial charge in [-0.25, -0.2) is 9.59 Å². The highest BCUT2D eigenvalue weighted by atomic mass is 16.5. The van der Waals surface area contributed by atoms with E-state index in [2.05, 4.69) is 0 Å². The van der Waals surface area contributed by atoms with E-state index in [0.717, 1.165) is 5.56 Å². The van der Waals surface area contributed by atoms with E-state index in [1.54, 1.807) is 0 Å². The number of nitrogens with zero attached hydrogens (tertiary/aromatic N) is 1. The molecular weight excluding hydrogens is 258 g/mol. The molecule has 1 aromatic rings. The molecule has 1 heterocycles. The van der Waals surface area contributed by atoms with Crippen LogP contribution in [0, 0.1) is 0 Å². The number of hydrogen-bond acceptors (Lipinski definition) is 5. The predicted octanol–water partition coefficient (Wildman–Crippen LogP) is 1.32. The summed E-state index contributed by atoms with van der Waals surface area (Å²) >= 11 is 0. The second-order valence-corrected chi connectivity index (χ2v) is 4.60. The van der Waals surface area contributed by atoms with Gasteiger partial charge in [0.25, 0.3) is 0 Å². The van der Waals surface area contributed by atoms with Crippen LogP contribution in [0.2, 0.25) is 0 Å². The number of carbonyl (C=O) groups excluding carboxylic acids is 2. The Bertz CT molecular complexity index is 550. The molecule has 0 spiro atoms. The van der Waals surface area contributed by atoms with Gasteiger partial charge in [-0.05, 0) is 12.6 Å². The molecule has 1 atom stereocenters. The van der Waals surface area contributed by atoms with Gasteiger partial charge in [-0.3, -0.25) is 4.90 Å². The maximum Gasteiger partial charge on any atom is 0.336 e. The van der Waals surface area contributed by atoms with Crippen LogP contribution in [0.1, 0.15) is 11.6 Å². The third kappa shape index (κ3) is 2.44. The number of ether oxygens (including phenoxy) is 2. The summed E-state index contributed by atoms with van der Waals surface area (Å²) in [7, 11) is 4.47. The number of esters is 2. The normalized spacial score (nSPS) is 19.1. The smallest absolute Gasteiger partial charge is 0.336 e. The van der Waals surface area contributed by atoms with Crippen molar-refractivity contribution in [2.75, 3.05) is 27.8 Å². The molecule has 1 aliphatic heterocycles. The summed E-state index contributed by atoms with van der Waals surface area (Å²) < 4.78 is 9.59. The van der Waals surface area contributed by atoms with Gasteiger partial charge >= 0.3 is 11.9 Å². The lowest BCUT2D eigenvalue weighted by atomic mass is 9.98. The Kier molecular flexibility index (Phi) is 4.20. The van der Waals surface area contributed by atoms with Crippen molar-refractivity contribution in [1.29, 1.82) is 0 Å². The molecule has 5 nitrogen and oxygen atoms in total. The van der Waals surface area contributed by atoms with Crippen molar-refractivity contribution in [2.24, 2.45) is 0 Å². The van der Waals surface area contributed by atoms with Crippen LogP contribution in [0.4, 0.5) is 0 Å². The molecular formula is C15H17NO4. The zero-order valence-electron chi connectivity index (χ0n) is 11.8. The Hall–Kier alpha value is -2.14. The molecule has 0 aliphatic carbocycles. The van der Waals surface area contributed by atoms with Gasteiger partial charge in [-0.2, -0.15) is 0 Å². The Morgan fingerprint density at radius 1 is 1.10 bits per heavy atom. The third-order valence-corrected chi connectivity index (χ3v) is 3.40. The van der Waals surface area contributed by atoms with E-state index in [0.29, 0.717) is 17.7 Å². The van der Waals surface area contributed by atoms with Gasteiger partial charge in [-0.15, -0.1) is 0 Å². The van der Waals surface area contributed by atoms with Crippen LogP contribution in [-0.4, -0.2) is 44.7 Å². The maximum absolute atomic E-state index is 12.1. The van der Waals surface area contributed by atoms with Crippen molar-refractivity contribution in [3.63, 3.8) is 0 Å². The summed E-state index contributed by atoms with van der Waals surface area (Å²) in [4.78, 5) is 25.8. The molecule has 0 saturated carbocycles. The lowest BCUT2D eigenvalue weighted by Crippen LogP contribution is -2.23. The molecule has 0 saturated heterocycles. The maximum atomic E-state index is 12.1. The van der Waals surface area contributed by atoms with Crippen LogP contribution in [0.25, 0.3) is 0 Å². The Balaban J connectivity index is 2.52. The van der Waals surface area contributed by atoms with Crippen molar-refractivity contribution in [2.45, 2.75) is 6.04 Å². The topological polar surface area (TPSA) is 55.8 Å². The summed E-state index contributed by atoms with van der Waals surface area (Å²) in [6.07, 6.45) is 0. The molecule has 0 N–H and O–H groups in total. The van der Waals surface area contributed by atoms with Crippen molar-refractivity contribution < 1.29 is 19.1 Å². The van der Waals surface area contributed by atoms with Gasteiger partial charge in [0.1, 0.15) is 0 Å². The van der Waals surface area contributed by atoms with E-state index >= 15 is 0 Å². The number of methoxy groups -OCH3 is 2. The number of carbonyl (C=O) groups is 2. The average molecular weight is 275 g/mol. The first-order chi connectivity index (χ1) is 9.60. The van der Waals surface area contributed by atoms with Crippen LogP contribution in [-0.2, 0) is 19.1 Å². The largest absolute Gasteiger partial charge is 0.466 e. The summed E-state index contributed by atoms with van der Waals surface area (Å²) in [6.45, 7) is 0.358. The zero-order valence-corrected chi connectivity index (χ0v) is 11.8. The second kappa shape index (κ2) is 5.88. The monoisotopic (exact) mass is 275 g/mol. The molecule has 0 aromatic heterocycles. The Labute approximate surface area is 117 Å². The Morgan fingerprint density at radius 3 is 2.25 bits per heavy atom. The third-order valence-electron chi connectivity index (χ3n) is 3.40. The number of hydrogen-bond donors (Lipinski definition) is 0.